The molecule has 0 saturated heterocycles. The van der Waals surface area contributed by atoms with Gasteiger partial charge in [0.15, 0.2) is 0 Å². The summed E-state index contributed by atoms with van der Waals surface area (Å²) >= 11 is 0. The van der Waals surface area contributed by atoms with Crippen LogP contribution < -0.4 is 4.90 Å². The van der Waals surface area contributed by atoms with Crippen LogP contribution in [0.4, 0.5) is 5.69 Å². The van der Waals surface area contributed by atoms with Crippen LogP contribution in [0.3, 0.4) is 0 Å². The molecule has 120 valence electrons. The molecule has 0 spiro atoms. The minimum atomic E-state index is 0.750. The quantitative estimate of drug-likeness (QED) is 0.449. The summed E-state index contributed by atoms with van der Waals surface area (Å²) < 4.78 is 0. The molecule has 0 heterocycles. The zero-order valence-corrected chi connectivity index (χ0v) is 14.3. The van der Waals surface area contributed by atoms with Gasteiger partial charge in [-0.15, -0.1) is 0 Å². The molecule has 0 aliphatic carbocycles. The topological polar surface area (TPSA) is 27.0 Å². The van der Waals surface area contributed by atoms with Crippen LogP contribution in [0.5, 0.6) is 0 Å². The molecule has 0 unspecified atom stereocenters. The molecule has 0 bridgehead atoms. The zero-order valence-electron chi connectivity index (χ0n) is 14.3. The van der Waals surface area contributed by atoms with E-state index in [1.807, 2.05) is 50.5 Å². The highest BCUT2D eigenvalue weighted by molar-refractivity contribution is 6.16. The van der Waals surface area contributed by atoms with Gasteiger partial charge in [0.1, 0.15) is 6.07 Å². The van der Waals surface area contributed by atoms with Crippen LogP contribution in [0.25, 0.3) is 32.7 Å². The van der Waals surface area contributed by atoms with Crippen molar-refractivity contribution >= 4 is 27.2 Å². The Balaban J connectivity index is 2.13. The second-order valence-electron chi connectivity index (χ2n) is 6.39. The van der Waals surface area contributed by atoms with Crippen LogP contribution in [0, 0.1) is 11.3 Å². The maximum Gasteiger partial charge on any atom is 0.100 e. The molecule has 4 rings (SSSR count). The number of nitrogens with zero attached hydrogens (tertiary/aromatic N) is 2. The maximum absolute atomic E-state index is 9.74. The van der Waals surface area contributed by atoms with E-state index < -0.39 is 0 Å². The Morgan fingerprint density at radius 1 is 0.680 bits per heavy atom. The second-order valence-corrected chi connectivity index (χ2v) is 6.39. The van der Waals surface area contributed by atoms with Crippen LogP contribution in [0.2, 0.25) is 0 Å². The number of anilines is 1. The van der Waals surface area contributed by atoms with Gasteiger partial charge in [-0.2, -0.15) is 5.26 Å². The van der Waals surface area contributed by atoms with Gasteiger partial charge in [0.05, 0.1) is 5.56 Å². The van der Waals surface area contributed by atoms with Crippen molar-refractivity contribution in [1.82, 2.24) is 0 Å². The van der Waals surface area contributed by atoms with Gasteiger partial charge in [-0.1, -0.05) is 60.7 Å². The summed E-state index contributed by atoms with van der Waals surface area (Å²) in [6.07, 6.45) is 0. The van der Waals surface area contributed by atoms with Crippen LogP contribution in [-0.4, -0.2) is 14.1 Å². The molecule has 0 fully saturated rings. The average molecular weight is 322 g/mol. The van der Waals surface area contributed by atoms with Crippen molar-refractivity contribution in [3.63, 3.8) is 0 Å². The molecule has 0 aromatic heterocycles. The molecule has 25 heavy (non-hydrogen) atoms. The smallest absolute Gasteiger partial charge is 0.100 e. The molecule has 0 atom stereocenters. The Kier molecular flexibility index (Phi) is 3.63. The van der Waals surface area contributed by atoms with E-state index in [0.29, 0.717) is 0 Å². The van der Waals surface area contributed by atoms with E-state index in [9.17, 15) is 5.26 Å². The summed E-state index contributed by atoms with van der Waals surface area (Å²) in [6.45, 7) is 0. The standard InChI is InChI=1S/C23H18N2/c1-25(2)17-13-11-16(12-14-17)23-20-9-5-3-7-18(20)22(15-24)19-8-4-6-10-21(19)23/h3-14H,1-2H3. The third-order valence-corrected chi connectivity index (χ3v) is 4.72. The van der Waals surface area contributed by atoms with E-state index >= 15 is 0 Å². The lowest BCUT2D eigenvalue weighted by molar-refractivity contribution is 1.13. The molecule has 2 nitrogen and oxygen atoms in total. The first-order chi connectivity index (χ1) is 12.2. The number of rotatable bonds is 2. The summed E-state index contributed by atoms with van der Waals surface area (Å²) in [4.78, 5) is 2.10. The Morgan fingerprint density at radius 2 is 1.16 bits per heavy atom. The van der Waals surface area contributed by atoms with Crippen LogP contribution in [-0.2, 0) is 0 Å². The molecular weight excluding hydrogens is 304 g/mol. The lowest BCUT2D eigenvalue weighted by atomic mass is 9.89. The predicted molar refractivity (Wildman–Crippen MR) is 106 cm³/mol. The fraction of sp³-hybridized carbons (Fsp3) is 0.0870. The fourth-order valence-electron chi connectivity index (χ4n) is 3.49. The van der Waals surface area contributed by atoms with Crippen molar-refractivity contribution in [1.29, 1.82) is 5.26 Å². The van der Waals surface area contributed by atoms with Gasteiger partial charge in [0.25, 0.3) is 0 Å². The van der Waals surface area contributed by atoms with Crippen LogP contribution in [0.15, 0.2) is 72.8 Å². The SMILES string of the molecule is CN(C)c1ccc(-c2c3ccccc3c(C#N)c3ccccc23)cc1. The van der Waals surface area contributed by atoms with Crippen molar-refractivity contribution < 1.29 is 0 Å². The second kappa shape index (κ2) is 5.96. The van der Waals surface area contributed by atoms with E-state index in [4.69, 9.17) is 0 Å². The molecule has 4 aromatic rings. The highest BCUT2D eigenvalue weighted by atomic mass is 15.1. The first-order valence-corrected chi connectivity index (χ1v) is 8.32. The van der Waals surface area contributed by atoms with Gasteiger partial charge in [-0.05, 0) is 34.0 Å². The Morgan fingerprint density at radius 3 is 1.60 bits per heavy atom. The maximum atomic E-state index is 9.74. The molecule has 0 aliphatic rings. The predicted octanol–water partition coefficient (Wildman–Crippen LogP) is 5.60. The summed E-state index contributed by atoms with van der Waals surface area (Å²) in [5.74, 6) is 0. The van der Waals surface area contributed by atoms with Crippen LogP contribution >= 0.6 is 0 Å². The summed E-state index contributed by atoms with van der Waals surface area (Å²) in [6, 6.07) is 27.4. The molecule has 0 radical (unpaired) electrons. The minimum absolute atomic E-state index is 0.750. The van der Waals surface area contributed by atoms with Gasteiger partial charge in [-0.3, -0.25) is 0 Å². The van der Waals surface area contributed by atoms with Crippen molar-refractivity contribution in [2.45, 2.75) is 0 Å². The van der Waals surface area contributed by atoms with E-state index in [1.54, 1.807) is 0 Å². The van der Waals surface area contributed by atoms with Crippen molar-refractivity contribution in [3.05, 3.63) is 78.4 Å². The molecule has 0 N–H and O–H groups in total. The first kappa shape index (κ1) is 15.2. The number of nitriles is 1. The number of benzene rings is 4. The van der Waals surface area contributed by atoms with Crippen LogP contribution in [0.1, 0.15) is 5.56 Å². The van der Waals surface area contributed by atoms with Crippen molar-refractivity contribution in [2.75, 3.05) is 19.0 Å². The van der Waals surface area contributed by atoms with Gasteiger partial charge in [0, 0.05) is 30.6 Å². The Bertz CT molecular complexity index is 1060. The highest BCUT2D eigenvalue weighted by Crippen LogP contribution is 2.39. The van der Waals surface area contributed by atoms with Crippen molar-refractivity contribution in [2.24, 2.45) is 0 Å². The zero-order chi connectivity index (χ0) is 17.4. The van der Waals surface area contributed by atoms with E-state index in [1.165, 1.54) is 16.8 Å². The highest BCUT2D eigenvalue weighted by Gasteiger charge is 2.14. The molecular formula is C23H18N2. The largest absolute Gasteiger partial charge is 0.378 e. The Hall–Kier alpha value is -3.31. The number of fused-ring (bicyclic) bond motifs is 2. The molecule has 0 saturated carbocycles. The van der Waals surface area contributed by atoms with Gasteiger partial charge >= 0.3 is 0 Å². The summed E-state index contributed by atoms with van der Waals surface area (Å²) in [5, 5.41) is 14.0. The molecule has 0 aliphatic heterocycles. The van der Waals surface area contributed by atoms with E-state index in [2.05, 4.69) is 47.4 Å². The summed E-state index contributed by atoms with van der Waals surface area (Å²) in [5.41, 5.74) is 4.28. The summed E-state index contributed by atoms with van der Waals surface area (Å²) in [7, 11) is 4.09. The van der Waals surface area contributed by atoms with Crippen molar-refractivity contribution in [3.8, 4) is 17.2 Å². The fourth-order valence-corrected chi connectivity index (χ4v) is 3.49. The Labute approximate surface area is 147 Å². The lowest BCUT2D eigenvalue weighted by Crippen LogP contribution is -2.07. The normalized spacial score (nSPS) is 10.8. The van der Waals surface area contributed by atoms with Gasteiger partial charge < -0.3 is 4.90 Å². The average Bonchev–Trinajstić information content (AvgIpc) is 2.66. The molecule has 0 amide bonds. The molecule has 4 aromatic carbocycles. The first-order valence-electron chi connectivity index (χ1n) is 8.32. The van der Waals surface area contributed by atoms with E-state index in [-0.39, 0.29) is 0 Å². The monoisotopic (exact) mass is 322 g/mol. The molecule has 2 heteroatoms. The van der Waals surface area contributed by atoms with Gasteiger partial charge in [-0.25, -0.2) is 0 Å². The van der Waals surface area contributed by atoms with Gasteiger partial charge in [0.2, 0.25) is 0 Å². The minimum Gasteiger partial charge on any atom is -0.378 e. The number of hydrogen-bond donors (Lipinski definition) is 0. The third kappa shape index (κ3) is 2.42. The lowest BCUT2D eigenvalue weighted by Gasteiger charge is -2.16. The number of hydrogen-bond acceptors (Lipinski definition) is 2. The van der Waals surface area contributed by atoms with E-state index in [0.717, 1.165) is 27.1 Å². The third-order valence-electron chi connectivity index (χ3n) is 4.72.